The van der Waals surface area contributed by atoms with Gasteiger partial charge in [-0.3, -0.25) is 10.1 Å². The van der Waals surface area contributed by atoms with Crippen molar-refractivity contribution in [2.45, 2.75) is 39.3 Å². The zero-order chi connectivity index (χ0) is 15.1. The molecule has 0 aliphatic heterocycles. The van der Waals surface area contributed by atoms with Gasteiger partial charge in [-0.1, -0.05) is 38.8 Å². The van der Waals surface area contributed by atoms with E-state index in [1.807, 2.05) is 6.07 Å². The van der Waals surface area contributed by atoms with Crippen LogP contribution in [0.1, 0.15) is 32.3 Å². The van der Waals surface area contributed by atoms with Gasteiger partial charge in [0.25, 0.3) is 5.69 Å². The largest absolute Gasteiger partial charge is 0.392 e. The zero-order valence-corrected chi connectivity index (χ0v) is 13.4. The van der Waals surface area contributed by atoms with Gasteiger partial charge in [0.05, 0.1) is 15.5 Å². The van der Waals surface area contributed by atoms with Crippen molar-refractivity contribution in [3.8, 4) is 0 Å². The number of hydrogen-bond donors (Lipinski definition) is 2. The van der Waals surface area contributed by atoms with Gasteiger partial charge in [-0.2, -0.15) is 0 Å². The summed E-state index contributed by atoms with van der Waals surface area (Å²) in [6.07, 6.45) is 1.50. The molecule has 2 N–H and O–H groups in total. The summed E-state index contributed by atoms with van der Waals surface area (Å²) in [5.41, 5.74) is 0.876. The molecular weight excluding hydrogens is 324 g/mol. The first-order valence-corrected chi connectivity index (χ1v) is 7.61. The Morgan fingerprint density at radius 2 is 2.05 bits per heavy atom. The first-order chi connectivity index (χ1) is 9.51. The molecule has 0 saturated heterocycles. The Morgan fingerprint density at radius 1 is 1.40 bits per heavy atom. The second kappa shape index (κ2) is 8.34. The van der Waals surface area contributed by atoms with E-state index in [4.69, 9.17) is 0 Å². The van der Waals surface area contributed by atoms with E-state index in [9.17, 15) is 15.2 Å². The summed E-state index contributed by atoms with van der Waals surface area (Å²) < 4.78 is 0.495. The normalized spacial score (nSPS) is 12.7. The first-order valence-electron chi connectivity index (χ1n) is 6.81. The monoisotopic (exact) mass is 344 g/mol. The molecular formula is C14H21BrN2O3. The molecule has 0 fully saturated rings. The Morgan fingerprint density at radius 3 is 2.60 bits per heavy atom. The number of aliphatic hydroxyl groups is 1. The lowest BCUT2D eigenvalue weighted by molar-refractivity contribution is -0.385. The summed E-state index contributed by atoms with van der Waals surface area (Å²) in [7, 11) is 0. The number of aliphatic hydroxyl groups excluding tert-OH is 1. The predicted octanol–water partition coefficient (Wildman–Crippen LogP) is 3.24. The summed E-state index contributed by atoms with van der Waals surface area (Å²) in [6.45, 7) is 5.10. The Balaban J connectivity index is 2.58. The van der Waals surface area contributed by atoms with Crippen LogP contribution in [-0.2, 0) is 6.54 Å². The number of nitro benzene ring substituents is 1. The van der Waals surface area contributed by atoms with Crippen LogP contribution in [0.5, 0.6) is 0 Å². The summed E-state index contributed by atoms with van der Waals surface area (Å²) in [5, 5.41) is 24.0. The van der Waals surface area contributed by atoms with Crippen LogP contribution >= 0.6 is 15.9 Å². The minimum atomic E-state index is -0.410. The Bertz CT molecular complexity index is 450. The average Bonchev–Trinajstić information content (AvgIpc) is 2.41. The third kappa shape index (κ3) is 4.54. The minimum absolute atomic E-state index is 0.0600. The number of benzene rings is 1. The molecule has 1 aromatic carbocycles. The van der Waals surface area contributed by atoms with E-state index in [2.05, 4.69) is 35.1 Å². The summed E-state index contributed by atoms with van der Waals surface area (Å²) >= 11 is 3.26. The number of halogens is 1. The highest BCUT2D eigenvalue weighted by atomic mass is 79.9. The SMILES string of the molecule is CCC(CC)C(O)CNCc1cccc([N+](=O)[O-])c1Br. The lowest BCUT2D eigenvalue weighted by atomic mass is 9.96. The van der Waals surface area contributed by atoms with Crippen molar-refractivity contribution in [2.75, 3.05) is 6.54 Å². The lowest BCUT2D eigenvalue weighted by Gasteiger charge is -2.20. The number of nitrogens with zero attached hydrogens (tertiary/aromatic N) is 1. The molecule has 0 amide bonds. The highest BCUT2D eigenvalue weighted by Gasteiger charge is 2.17. The van der Waals surface area contributed by atoms with Gasteiger partial charge in [0.2, 0.25) is 0 Å². The van der Waals surface area contributed by atoms with Crippen LogP contribution in [0.2, 0.25) is 0 Å². The second-order valence-corrected chi connectivity index (χ2v) is 5.58. The molecule has 0 bridgehead atoms. The second-order valence-electron chi connectivity index (χ2n) is 4.78. The Hall–Kier alpha value is -0.980. The van der Waals surface area contributed by atoms with Crippen LogP contribution < -0.4 is 5.32 Å². The molecule has 0 aliphatic rings. The van der Waals surface area contributed by atoms with Crippen molar-refractivity contribution < 1.29 is 10.0 Å². The third-order valence-corrected chi connectivity index (χ3v) is 4.43. The summed E-state index contributed by atoms with van der Waals surface area (Å²) in [6, 6.07) is 4.96. The minimum Gasteiger partial charge on any atom is -0.392 e. The van der Waals surface area contributed by atoms with E-state index in [1.54, 1.807) is 6.07 Å². The van der Waals surface area contributed by atoms with E-state index in [0.717, 1.165) is 18.4 Å². The van der Waals surface area contributed by atoms with E-state index in [1.165, 1.54) is 6.07 Å². The van der Waals surface area contributed by atoms with Crippen molar-refractivity contribution in [2.24, 2.45) is 5.92 Å². The zero-order valence-electron chi connectivity index (χ0n) is 11.8. The first kappa shape index (κ1) is 17.1. The van der Waals surface area contributed by atoms with Gasteiger partial charge < -0.3 is 10.4 Å². The molecule has 1 atom stereocenters. The number of rotatable bonds is 8. The van der Waals surface area contributed by atoms with Crippen LogP contribution in [0, 0.1) is 16.0 Å². The standard InChI is InChI=1S/C14H21BrN2O3/c1-3-10(4-2)13(18)9-16-8-11-6-5-7-12(14(11)15)17(19)20/h5-7,10,13,16,18H,3-4,8-9H2,1-2H3. The van der Waals surface area contributed by atoms with Gasteiger partial charge in [0.1, 0.15) is 0 Å². The fourth-order valence-electron chi connectivity index (χ4n) is 2.20. The maximum Gasteiger partial charge on any atom is 0.283 e. The molecule has 5 nitrogen and oxygen atoms in total. The maximum atomic E-state index is 10.8. The van der Waals surface area contributed by atoms with Gasteiger partial charge in [-0.15, -0.1) is 0 Å². The highest BCUT2D eigenvalue weighted by Crippen LogP contribution is 2.28. The van der Waals surface area contributed by atoms with Crippen molar-refractivity contribution >= 4 is 21.6 Å². The van der Waals surface area contributed by atoms with E-state index < -0.39 is 4.92 Å². The Kier molecular flexibility index (Phi) is 7.12. The molecule has 0 spiro atoms. The predicted molar refractivity (Wildman–Crippen MR) is 82.6 cm³/mol. The van der Waals surface area contributed by atoms with Gasteiger partial charge >= 0.3 is 0 Å². The average molecular weight is 345 g/mol. The molecule has 0 heterocycles. The van der Waals surface area contributed by atoms with E-state index >= 15 is 0 Å². The smallest absolute Gasteiger partial charge is 0.283 e. The lowest BCUT2D eigenvalue weighted by Crippen LogP contribution is -2.32. The molecule has 1 unspecified atom stereocenters. The van der Waals surface area contributed by atoms with E-state index in [0.29, 0.717) is 17.6 Å². The molecule has 0 aromatic heterocycles. The molecule has 1 rings (SSSR count). The van der Waals surface area contributed by atoms with Crippen LogP contribution in [0.15, 0.2) is 22.7 Å². The fourth-order valence-corrected chi connectivity index (χ4v) is 2.75. The van der Waals surface area contributed by atoms with Gasteiger partial charge in [-0.25, -0.2) is 0 Å². The molecule has 1 aromatic rings. The van der Waals surface area contributed by atoms with E-state index in [-0.39, 0.29) is 17.7 Å². The quantitative estimate of drug-likeness (QED) is 0.560. The van der Waals surface area contributed by atoms with Crippen LogP contribution in [-0.4, -0.2) is 22.7 Å². The summed E-state index contributed by atoms with van der Waals surface area (Å²) in [5.74, 6) is 0.288. The molecule has 0 radical (unpaired) electrons. The van der Waals surface area contributed by atoms with Crippen LogP contribution in [0.4, 0.5) is 5.69 Å². The molecule has 0 saturated carbocycles. The topological polar surface area (TPSA) is 75.4 Å². The van der Waals surface area contributed by atoms with Crippen LogP contribution in [0.3, 0.4) is 0 Å². The molecule has 112 valence electrons. The number of nitro groups is 1. The number of hydrogen-bond acceptors (Lipinski definition) is 4. The highest BCUT2D eigenvalue weighted by molar-refractivity contribution is 9.10. The van der Waals surface area contributed by atoms with Crippen molar-refractivity contribution in [1.29, 1.82) is 0 Å². The van der Waals surface area contributed by atoms with Crippen molar-refractivity contribution in [1.82, 2.24) is 5.32 Å². The summed E-state index contributed by atoms with van der Waals surface area (Å²) in [4.78, 5) is 10.4. The third-order valence-electron chi connectivity index (χ3n) is 3.52. The van der Waals surface area contributed by atoms with Gasteiger partial charge in [-0.05, 0) is 27.4 Å². The maximum absolute atomic E-state index is 10.8. The number of nitrogens with one attached hydrogen (secondary N) is 1. The van der Waals surface area contributed by atoms with Gasteiger partial charge in [0, 0.05) is 19.2 Å². The van der Waals surface area contributed by atoms with Crippen molar-refractivity contribution in [3.63, 3.8) is 0 Å². The van der Waals surface area contributed by atoms with Crippen LogP contribution in [0.25, 0.3) is 0 Å². The van der Waals surface area contributed by atoms with Gasteiger partial charge in [0.15, 0.2) is 0 Å². The fraction of sp³-hybridized carbons (Fsp3) is 0.571. The molecule has 20 heavy (non-hydrogen) atoms. The molecule has 6 heteroatoms. The van der Waals surface area contributed by atoms with Crippen molar-refractivity contribution in [3.05, 3.63) is 38.3 Å². The molecule has 0 aliphatic carbocycles. The Labute approximate surface area is 127 Å².